The van der Waals surface area contributed by atoms with E-state index < -0.39 is 11.4 Å². The van der Waals surface area contributed by atoms with Crippen LogP contribution >= 0.6 is 0 Å². The second-order valence-electron chi connectivity index (χ2n) is 3.00. The Morgan fingerprint density at radius 1 is 1.36 bits per heavy atom. The summed E-state index contributed by atoms with van der Waals surface area (Å²) in [7, 11) is 0. The van der Waals surface area contributed by atoms with Gasteiger partial charge in [0.05, 0.1) is 10.9 Å². The minimum Gasteiger partial charge on any atom is -0.372 e. The molecule has 1 N–H and O–H groups in total. The van der Waals surface area contributed by atoms with Gasteiger partial charge in [-0.05, 0) is 18.1 Å². The van der Waals surface area contributed by atoms with E-state index in [1.165, 1.54) is 0 Å². The fraction of sp³-hybridized carbons (Fsp3) is 0.200. The Bertz CT molecular complexity index is 580. The van der Waals surface area contributed by atoms with Gasteiger partial charge in [0.25, 0.3) is 0 Å². The molecule has 2 aromatic rings. The minimum absolute atomic E-state index is 0.420. The average Bonchev–Trinajstić information content (AvgIpc) is 2.17. The molecule has 4 nitrogen and oxygen atoms in total. The van der Waals surface area contributed by atoms with Gasteiger partial charge in [0.2, 0.25) is 0 Å². The first kappa shape index (κ1) is 8.74. The predicted octanol–water partition coefficient (Wildman–Crippen LogP) is 1.04. The Morgan fingerprint density at radius 3 is 2.86 bits per heavy atom. The van der Waals surface area contributed by atoms with Crippen LogP contribution in [0.2, 0.25) is 0 Å². The first-order chi connectivity index (χ1) is 6.72. The highest BCUT2D eigenvalue weighted by Gasteiger charge is 2.04. The monoisotopic (exact) mass is 191 g/mol. The molecule has 0 atom stereocenters. The lowest BCUT2D eigenvalue weighted by Crippen LogP contribution is -2.15. The number of aryl methyl sites for hydroxylation is 1. The van der Waals surface area contributed by atoms with E-state index in [0.717, 1.165) is 12.0 Å². The van der Waals surface area contributed by atoms with Crippen molar-refractivity contribution in [1.29, 1.82) is 0 Å². The highest BCUT2D eigenvalue weighted by atomic mass is 16.4. The third-order valence-electron chi connectivity index (χ3n) is 2.16. The summed E-state index contributed by atoms with van der Waals surface area (Å²) in [6.07, 6.45) is 0.761. The number of fused-ring (bicyclic) bond motifs is 1. The van der Waals surface area contributed by atoms with Crippen molar-refractivity contribution in [1.82, 2.24) is 4.98 Å². The smallest absolute Gasteiger partial charge is 0.372 e. The zero-order chi connectivity index (χ0) is 10.1. The molecule has 0 aliphatic carbocycles. The predicted molar refractivity (Wildman–Crippen MR) is 52.5 cm³/mol. The van der Waals surface area contributed by atoms with E-state index in [-0.39, 0.29) is 0 Å². The van der Waals surface area contributed by atoms with Gasteiger partial charge in [-0.3, -0.25) is 4.98 Å². The van der Waals surface area contributed by atoms with E-state index in [1.807, 2.05) is 13.0 Å². The fourth-order valence-electron chi connectivity index (χ4n) is 1.48. The highest BCUT2D eigenvalue weighted by molar-refractivity contribution is 5.80. The maximum Gasteiger partial charge on any atom is 0.419 e. The third kappa shape index (κ3) is 1.25. The van der Waals surface area contributed by atoms with Crippen LogP contribution in [0.4, 0.5) is 0 Å². The number of H-pyrrole nitrogens is 1. The van der Waals surface area contributed by atoms with E-state index in [1.54, 1.807) is 12.1 Å². The van der Waals surface area contributed by atoms with Gasteiger partial charge in [0.15, 0.2) is 0 Å². The lowest BCUT2D eigenvalue weighted by molar-refractivity contribution is 0.460. The van der Waals surface area contributed by atoms with Gasteiger partial charge in [-0.25, -0.2) is 9.59 Å². The quantitative estimate of drug-likeness (QED) is 0.732. The number of para-hydroxylation sites is 1. The van der Waals surface area contributed by atoms with Crippen molar-refractivity contribution in [2.45, 2.75) is 13.3 Å². The van der Waals surface area contributed by atoms with Gasteiger partial charge in [0, 0.05) is 0 Å². The summed E-state index contributed by atoms with van der Waals surface area (Å²) in [5.41, 5.74) is 0.933. The Hall–Kier alpha value is -1.84. The van der Waals surface area contributed by atoms with Gasteiger partial charge in [-0.15, -0.1) is 0 Å². The zero-order valence-corrected chi connectivity index (χ0v) is 7.66. The molecule has 0 unspecified atom stereocenters. The summed E-state index contributed by atoms with van der Waals surface area (Å²) in [4.78, 5) is 24.8. The molecule has 0 spiro atoms. The number of hydrogen-bond donors (Lipinski definition) is 1. The summed E-state index contributed by atoms with van der Waals surface area (Å²) < 4.78 is 4.42. The summed E-state index contributed by atoms with van der Waals surface area (Å²) >= 11 is 0. The van der Waals surface area contributed by atoms with Crippen LogP contribution in [0.1, 0.15) is 12.5 Å². The number of hydrogen-bond acceptors (Lipinski definition) is 3. The van der Waals surface area contributed by atoms with Crippen LogP contribution in [0.15, 0.2) is 32.2 Å². The van der Waals surface area contributed by atoms with E-state index in [9.17, 15) is 9.59 Å². The van der Waals surface area contributed by atoms with Gasteiger partial charge in [-0.2, -0.15) is 0 Å². The SMILES string of the molecule is CCc1cccc2c(=O)oc(=O)[nH]c12. The standard InChI is InChI=1S/C10H9NO3/c1-2-6-4-3-5-7-8(6)11-10(13)14-9(7)12/h3-5H,2H2,1H3,(H,11,13). The molecule has 0 saturated carbocycles. The Labute approximate surface area is 79.2 Å². The number of benzene rings is 1. The molecule has 0 aliphatic rings. The van der Waals surface area contributed by atoms with Crippen molar-refractivity contribution in [3.8, 4) is 0 Å². The van der Waals surface area contributed by atoms with Crippen LogP contribution in [0, 0.1) is 0 Å². The van der Waals surface area contributed by atoms with E-state index in [4.69, 9.17) is 0 Å². The van der Waals surface area contributed by atoms with Gasteiger partial charge < -0.3 is 4.42 Å². The molecule has 2 rings (SSSR count). The fourth-order valence-corrected chi connectivity index (χ4v) is 1.48. The summed E-state index contributed by atoms with van der Waals surface area (Å²) in [6, 6.07) is 5.28. The molecule has 72 valence electrons. The first-order valence-electron chi connectivity index (χ1n) is 4.37. The third-order valence-corrected chi connectivity index (χ3v) is 2.16. The van der Waals surface area contributed by atoms with Crippen molar-refractivity contribution in [2.24, 2.45) is 0 Å². The maximum absolute atomic E-state index is 11.3. The van der Waals surface area contributed by atoms with Gasteiger partial charge in [0.1, 0.15) is 0 Å². The van der Waals surface area contributed by atoms with Crippen LogP contribution in [-0.2, 0) is 6.42 Å². The first-order valence-corrected chi connectivity index (χ1v) is 4.37. The van der Waals surface area contributed by atoms with E-state index in [2.05, 4.69) is 9.40 Å². The number of aromatic amines is 1. The molecule has 0 radical (unpaired) electrons. The van der Waals surface area contributed by atoms with Crippen LogP contribution in [-0.4, -0.2) is 4.98 Å². The van der Waals surface area contributed by atoms with E-state index in [0.29, 0.717) is 10.9 Å². The highest BCUT2D eigenvalue weighted by Crippen LogP contribution is 2.11. The molecule has 1 aromatic heterocycles. The minimum atomic E-state index is -0.705. The molecular weight excluding hydrogens is 182 g/mol. The molecule has 0 fully saturated rings. The van der Waals surface area contributed by atoms with Crippen molar-refractivity contribution in [3.63, 3.8) is 0 Å². The average molecular weight is 191 g/mol. The summed E-state index contributed by atoms with van der Waals surface area (Å²) in [5, 5.41) is 0.420. The second kappa shape index (κ2) is 3.14. The molecule has 4 heteroatoms. The van der Waals surface area contributed by atoms with Crippen molar-refractivity contribution in [3.05, 3.63) is 44.7 Å². The maximum atomic E-state index is 11.3. The molecular formula is C10H9NO3. The Morgan fingerprint density at radius 2 is 2.14 bits per heavy atom. The number of rotatable bonds is 1. The van der Waals surface area contributed by atoms with Gasteiger partial charge >= 0.3 is 11.4 Å². The second-order valence-corrected chi connectivity index (χ2v) is 3.00. The molecule has 0 bridgehead atoms. The van der Waals surface area contributed by atoms with Crippen molar-refractivity contribution in [2.75, 3.05) is 0 Å². The lowest BCUT2D eigenvalue weighted by atomic mass is 10.1. The molecule has 0 saturated heterocycles. The lowest BCUT2D eigenvalue weighted by Gasteiger charge is -2.00. The van der Waals surface area contributed by atoms with Crippen LogP contribution < -0.4 is 11.4 Å². The normalized spacial score (nSPS) is 10.6. The molecule has 0 aliphatic heterocycles. The van der Waals surface area contributed by atoms with E-state index >= 15 is 0 Å². The zero-order valence-electron chi connectivity index (χ0n) is 7.66. The number of aromatic nitrogens is 1. The van der Waals surface area contributed by atoms with Crippen LogP contribution in [0.5, 0.6) is 0 Å². The topological polar surface area (TPSA) is 63.1 Å². The van der Waals surface area contributed by atoms with Crippen molar-refractivity contribution >= 4 is 10.9 Å². The molecule has 14 heavy (non-hydrogen) atoms. The van der Waals surface area contributed by atoms with Crippen LogP contribution in [0.25, 0.3) is 10.9 Å². The molecule has 0 amide bonds. The van der Waals surface area contributed by atoms with Crippen LogP contribution in [0.3, 0.4) is 0 Å². The summed E-state index contributed by atoms with van der Waals surface area (Å²) in [5.74, 6) is -0.705. The van der Waals surface area contributed by atoms with Crippen molar-refractivity contribution < 1.29 is 4.42 Å². The Balaban J connectivity index is 3.01. The number of nitrogens with one attached hydrogen (secondary N) is 1. The van der Waals surface area contributed by atoms with Gasteiger partial charge in [-0.1, -0.05) is 19.1 Å². The summed E-state index contributed by atoms with van der Waals surface area (Å²) in [6.45, 7) is 1.96. The molecule has 1 aromatic carbocycles. The Kier molecular flexibility index (Phi) is 1.96. The molecule has 1 heterocycles. The largest absolute Gasteiger partial charge is 0.419 e.